The van der Waals surface area contributed by atoms with Crippen molar-refractivity contribution in [3.05, 3.63) is 62.5 Å². The topological polar surface area (TPSA) is 50.7 Å². The Kier molecular flexibility index (Phi) is 5.52. The number of hydrazone groups is 1. The Hall–Kier alpha value is -1.66. The van der Waals surface area contributed by atoms with E-state index in [2.05, 4.69) is 42.4 Å². The van der Waals surface area contributed by atoms with Crippen LogP contribution in [0.1, 0.15) is 15.9 Å². The minimum Gasteiger partial charge on any atom is -0.496 e. The van der Waals surface area contributed by atoms with Gasteiger partial charge in [-0.3, -0.25) is 4.79 Å². The maximum Gasteiger partial charge on any atom is 0.271 e. The number of amides is 1. The fourth-order valence-electron chi connectivity index (χ4n) is 1.59. The van der Waals surface area contributed by atoms with E-state index in [0.29, 0.717) is 11.3 Å². The molecule has 6 heteroatoms. The number of hydrogen-bond acceptors (Lipinski definition) is 3. The fourth-order valence-corrected chi connectivity index (χ4v) is 2.39. The van der Waals surface area contributed by atoms with E-state index in [4.69, 9.17) is 4.74 Å². The molecule has 0 aliphatic rings. The SMILES string of the molecule is COc1ccc(C(=O)N/N=C/c2ccc(Br)cc2)cc1Br. The monoisotopic (exact) mass is 410 g/mol. The van der Waals surface area contributed by atoms with E-state index in [1.807, 2.05) is 24.3 Å². The van der Waals surface area contributed by atoms with Gasteiger partial charge in [-0.05, 0) is 51.8 Å². The van der Waals surface area contributed by atoms with Crippen molar-refractivity contribution in [2.75, 3.05) is 7.11 Å². The molecular weight excluding hydrogens is 400 g/mol. The largest absolute Gasteiger partial charge is 0.496 e. The number of rotatable bonds is 4. The highest BCUT2D eigenvalue weighted by molar-refractivity contribution is 9.10. The average molecular weight is 412 g/mol. The minimum absolute atomic E-state index is 0.285. The number of halogens is 2. The molecule has 108 valence electrons. The van der Waals surface area contributed by atoms with Gasteiger partial charge in [0.05, 0.1) is 17.8 Å². The van der Waals surface area contributed by atoms with Gasteiger partial charge in [-0.2, -0.15) is 5.10 Å². The van der Waals surface area contributed by atoms with Gasteiger partial charge < -0.3 is 4.74 Å². The standard InChI is InChI=1S/C15H12Br2N2O2/c1-21-14-7-4-11(8-13(14)17)15(20)19-18-9-10-2-5-12(16)6-3-10/h2-9H,1H3,(H,19,20)/b18-9+. The summed E-state index contributed by atoms with van der Waals surface area (Å²) in [5, 5.41) is 3.93. The maximum atomic E-state index is 11.9. The molecule has 0 atom stereocenters. The summed E-state index contributed by atoms with van der Waals surface area (Å²) >= 11 is 6.70. The van der Waals surface area contributed by atoms with E-state index in [1.165, 1.54) is 0 Å². The lowest BCUT2D eigenvalue weighted by molar-refractivity contribution is 0.0955. The van der Waals surface area contributed by atoms with Gasteiger partial charge in [-0.1, -0.05) is 28.1 Å². The summed E-state index contributed by atoms with van der Waals surface area (Å²) in [6.45, 7) is 0. The Morgan fingerprint density at radius 3 is 2.52 bits per heavy atom. The van der Waals surface area contributed by atoms with E-state index >= 15 is 0 Å². The molecule has 0 spiro atoms. The van der Waals surface area contributed by atoms with Crippen molar-refractivity contribution in [2.24, 2.45) is 5.10 Å². The van der Waals surface area contributed by atoms with Crippen molar-refractivity contribution >= 4 is 44.0 Å². The van der Waals surface area contributed by atoms with Gasteiger partial charge in [0.1, 0.15) is 5.75 Å². The van der Waals surface area contributed by atoms with Crippen LogP contribution in [-0.2, 0) is 0 Å². The third-order valence-corrected chi connectivity index (χ3v) is 3.81. The lowest BCUT2D eigenvalue weighted by Crippen LogP contribution is -2.17. The van der Waals surface area contributed by atoms with Crippen molar-refractivity contribution in [1.29, 1.82) is 0 Å². The van der Waals surface area contributed by atoms with Crippen LogP contribution in [0.3, 0.4) is 0 Å². The van der Waals surface area contributed by atoms with Gasteiger partial charge in [0.15, 0.2) is 0 Å². The number of methoxy groups -OCH3 is 1. The van der Waals surface area contributed by atoms with Crippen molar-refractivity contribution in [3.63, 3.8) is 0 Å². The Labute approximate surface area is 139 Å². The van der Waals surface area contributed by atoms with Gasteiger partial charge in [0, 0.05) is 10.0 Å². The molecule has 0 aliphatic carbocycles. The summed E-state index contributed by atoms with van der Waals surface area (Å²) in [5.41, 5.74) is 3.88. The molecule has 0 heterocycles. The van der Waals surface area contributed by atoms with Crippen LogP contribution in [0.2, 0.25) is 0 Å². The number of ether oxygens (including phenoxy) is 1. The van der Waals surface area contributed by atoms with Crippen LogP contribution < -0.4 is 10.2 Å². The molecular formula is C15H12Br2N2O2. The van der Waals surface area contributed by atoms with Crippen LogP contribution in [0.5, 0.6) is 5.75 Å². The smallest absolute Gasteiger partial charge is 0.271 e. The highest BCUT2D eigenvalue weighted by Gasteiger charge is 2.07. The zero-order chi connectivity index (χ0) is 15.2. The quantitative estimate of drug-likeness (QED) is 0.610. The first kappa shape index (κ1) is 15.7. The lowest BCUT2D eigenvalue weighted by Gasteiger charge is -2.05. The maximum absolute atomic E-state index is 11.9. The average Bonchev–Trinajstić information content (AvgIpc) is 2.49. The molecule has 0 radical (unpaired) electrons. The third-order valence-electron chi connectivity index (χ3n) is 2.66. The molecule has 0 saturated heterocycles. The van der Waals surface area contributed by atoms with Gasteiger partial charge in [0.25, 0.3) is 5.91 Å². The zero-order valence-corrected chi connectivity index (χ0v) is 14.3. The van der Waals surface area contributed by atoms with Crippen molar-refractivity contribution in [3.8, 4) is 5.75 Å². The second kappa shape index (κ2) is 7.38. The van der Waals surface area contributed by atoms with Crippen molar-refractivity contribution in [2.45, 2.75) is 0 Å². The van der Waals surface area contributed by atoms with E-state index in [1.54, 1.807) is 31.5 Å². The van der Waals surface area contributed by atoms with Crippen molar-refractivity contribution in [1.82, 2.24) is 5.43 Å². The molecule has 2 aromatic carbocycles. The number of nitrogens with one attached hydrogen (secondary N) is 1. The Morgan fingerprint density at radius 1 is 1.19 bits per heavy atom. The first-order valence-corrected chi connectivity index (χ1v) is 7.61. The summed E-state index contributed by atoms with van der Waals surface area (Å²) in [5.74, 6) is 0.386. The first-order chi connectivity index (χ1) is 10.1. The Morgan fingerprint density at radius 2 is 1.90 bits per heavy atom. The number of carbonyl (C=O) groups excluding carboxylic acids is 1. The van der Waals surface area contributed by atoms with Gasteiger partial charge in [0.2, 0.25) is 0 Å². The summed E-state index contributed by atoms with van der Waals surface area (Å²) in [4.78, 5) is 11.9. The summed E-state index contributed by atoms with van der Waals surface area (Å²) in [6, 6.07) is 12.7. The molecule has 1 N–H and O–H groups in total. The molecule has 4 nitrogen and oxygen atoms in total. The van der Waals surface area contributed by atoms with Gasteiger partial charge in [-0.15, -0.1) is 0 Å². The number of nitrogens with zero attached hydrogens (tertiary/aromatic N) is 1. The Bertz CT molecular complexity index is 670. The van der Waals surface area contributed by atoms with E-state index < -0.39 is 0 Å². The van der Waals surface area contributed by atoms with Crippen LogP contribution in [0.25, 0.3) is 0 Å². The van der Waals surface area contributed by atoms with E-state index in [-0.39, 0.29) is 5.91 Å². The first-order valence-electron chi connectivity index (χ1n) is 6.02. The lowest BCUT2D eigenvalue weighted by atomic mass is 10.2. The van der Waals surface area contributed by atoms with E-state index in [9.17, 15) is 4.79 Å². The summed E-state index contributed by atoms with van der Waals surface area (Å²) < 4.78 is 6.83. The Balaban J connectivity index is 2.01. The van der Waals surface area contributed by atoms with Crippen LogP contribution in [0, 0.1) is 0 Å². The predicted octanol–water partition coefficient (Wildman–Crippen LogP) is 3.98. The molecule has 0 fully saturated rings. The molecule has 1 amide bonds. The van der Waals surface area contributed by atoms with Crippen LogP contribution in [-0.4, -0.2) is 19.2 Å². The number of benzene rings is 2. The van der Waals surface area contributed by atoms with Crippen LogP contribution >= 0.6 is 31.9 Å². The third kappa shape index (κ3) is 4.41. The molecule has 0 aromatic heterocycles. The van der Waals surface area contributed by atoms with Crippen LogP contribution in [0.4, 0.5) is 0 Å². The summed E-state index contributed by atoms with van der Waals surface area (Å²) in [6.07, 6.45) is 1.59. The van der Waals surface area contributed by atoms with E-state index in [0.717, 1.165) is 14.5 Å². The molecule has 0 unspecified atom stereocenters. The van der Waals surface area contributed by atoms with Crippen LogP contribution in [0.15, 0.2) is 56.5 Å². The van der Waals surface area contributed by atoms with Gasteiger partial charge >= 0.3 is 0 Å². The van der Waals surface area contributed by atoms with Gasteiger partial charge in [-0.25, -0.2) is 5.43 Å². The molecule has 0 aliphatic heterocycles. The molecule has 2 rings (SSSR count). The molecule has 2 aromatic rings. The highest BCUT2D eigenvalue weighted by atomic mass is 79.9. The fraction of sp³-hybridized carbons (Fsp3) is 0.0667. The molecule has 21 heavy (non-hydrogen) atoms. The molecule has 0 saturated carbocycles. The summed E-state index contributed by atoms with van der Waals surface area (Å²) in [7, 11) is 1.57. The number of carbonyl (C=O) groups is 1. The predicted molar refractivity (Wildman–Crippen MR) is 89.9 cm³/mol. The normalized spacial score (nSPS) is 10.6. The second-order valence-corrected chi connectivity index (χ2v) is 5.87. The number of hydrogen-bond donors (Lipinski definition) is 1. The zero-order valence-electron chi connectivity index (χ0n) is 11.1. The molecule has 0 bridgehead atoms. The second-order valence-electron chi connectivity index (χ2n) is 4.10. The minimum atomic E-state index is -0.285. The van der Waals surface area contributed by atoms with Crippen molar-refractivity contribution < 1.29 is 9.53 Å². The highest BCUT2D eigenvalue weighted by Crippen LogP contribution is 2.25.